The van der Waals surface area contributed by atoms with Gasteiger partial charge in [0.15, 0.2) is 0 Å². The van der Waals surface area contributed by atoms with Crippen LogP contribution in [0.15, 0.2) is 24.4 Å². The highest BCUT2D eigenvalue weighted by atomic mass is 32.2. The van der Waals surface area contributed by atoms with Gasteiger partial charge < -0.3 is 15.5 Å². The van der Waals surface area contributed by atoms with Crippen molar-refractivity contribution in [2.45, 2.75) is 106 Å². The molecule has 242 valence electrons. The fourth-order valence-corrected chi connectivity index (χ4v) is 7.17. The third-order valence-electron chi connectivity index (χ3n) is 8.98. The van der Waals surface area contributed by atoms with E-state index in [9.17, 15) is 40.8 Å². The highest BCUT2D eigenvalue weighted by Gasteiger charge is 2.63. The molecule has 0 bridgehead atoms. The zero-order chi connectivity index (χ0) is 31.9. The van der Waals surface area contributed by atoms with Crippen molar-refractivity contribution in [1.82, 2.24) is 30.0 Å². The van der Waals surface area contributed by atoms with Crippen LogP contribution in [-0.4, -0.2) is 81.8 Å². The Kier molecular flexibility index (Phi) is 8.59. The molecule has 4 aliphatic rings. The van der Waals surface area contributed by atoms with E-state index < -0.39 is 74.7 Å². The number of rotatable bonds is 6. The lowest BCUT2D eigenvalue weighted by molar-refractivity contribution is -0.142. The van der Waals surface area contributed by atoms with Crippen molar-refractivity contribution < 1.29 is 40.8 Å². The summed E-state index contributed by atoms with van der Waals surface area (Å²) in [6, 6.07) is -0.873. The topological polar surface area (TPSA) is 160 Å². The lowest BCUT2D eigenvalue weighted by atomic mass is 10.0. The first kappa shape index (κ1) is 32.0. The summed E-state index contributed by atoms with van der Waals surface area (Å²) in [6.07, 6.45) is 5.00. The van der Waals surface area contributed by atoms with E-state index in [0.29, 0.717) is 49.6 Å². The summed E-state index contributed by atoms with van der Waals surface area (Å²) in [5.74, 6) is -3.14. The molecule has 12 nitrogen and oxygen atoms in total. The van der Waals surface area contributed by atoms with Gasteiger partial charge in [0, 0.05) is 18.7 Å². The number of aromatic nitrogens is 2. The molecule has 2 saturated carbocycles. The summed E-state index contributed by atoms with van der Waals surface area (Å²) in [4.78, 5) is 55.1. The number of alkyl halides is 3. The Hall–Kier alpha value is -3.43. The maximum atomic E-state index is 13.8. The van der Waals surface area contributed by atoms with Crippen LogP contribution < -0.4 is 15.4 Å². The van der Waals surface area contributed by atoms with Crippen molar-refractivity contribution >= 4 is 33.7 Å². The lowest BCUT2D eigenvalue weighted by Crippen LogP contribution is -2.58. The molecule has 2 aliphatic heterocycles. The minimum Gasteiger partial charge on any atom is -0.339 e. The minimum atomic E-state index is -4.52. The number of amides is 4. The van der Waals surface area contributed by atoms with E-state index in [1.165, 1.54) is 4.90 Å². The largest absolute Gasteiger partial charge is 0.408 e. The number of sulfonamides is 1. The lowest BCUT2D eigenvalue weighted by Gasteiger charge is -2.30. The van der Waals surface area contributed by atoms with Gasteiger partial charge in [-0.2, -0.15) is 18.3 Å². The predicted octanol–water partition coefficient (Wildman–Crippen LogP) is 1.93. The Morgan fingerprint density at radius 3 is 2.59 bits per heavy atom. The molecular formula is C28H37F3N6O6S. The second-order valence-corrected chi connectivity index (χ2v) is 14.6. The van der Waals surface area contributed by atoms with E-state index in [-0.39, 0.29) is 25.1 Å². The molecule has 2 aliphatic carbocycles. The van der Waals surface area contributed by atoms with Crippen LogP contribution in [0.2, 0.25) is 0 Å². The van der Waals surface area contributed by atoms with Gasteiger partial charge in [-0.25, -0.2) is 8.42 Å². The fourth-order valence-electron chi connectivity index (χ4n) is 5.86. The van der Waals surface area contributed by atoms with Crippen molar-refractivity contribution in [2.75, 3.05) is 6.54 Å². The monoisotopic (exact) mass is 642 g/mol. The summed E-state index contributed by atoms with van der Waals surface area (Å²) < 4.78 is 65.6. The maximum absolute atomic E-state index is 13.8. The van der Waals surface area contributed by atoms with E-state index in [2.05, 4.69) is 20.5 Å². The fraction of sp³-hybridized carbons (Fsp3) is 0.679. The maximum Gasteiger partial charge on any atom is 0.408 e. The summed E-state index contributed by atoms with van der Waals surface area (Å²) in [5, 5.41) is 9.07. The number of fused-ring (bicyclic) bond motifs is 2. The number of halogens is 3. The standard InChI is InChI=1S/C28H37F3N6O6S/c1-26(12-13-26)44(42,43)35-25(41)27-16-18(27)8-5-3-2-4-6-9-20(24(40)37-14-7-10-21(37)23(39)33-27)32-22(38)19-11-15-36(34-19)17-28(29,30)31/h5,8,11,15,18,20-21H,2-4,6-7,9-10,12-14,16-17H2,1H3,(H,32,38)(H,33,39)(H,35,41)/b8-5-/t18?,20-,21?,27+/m0/s1. The van der Waals surface area contributed by atoms with Gasteiger partial charge in [-0.05, 0) is 64.4 Å². The molecule has 1 saturated heterocycles. The van der Waals surface area contributed by atoms with Gasteiger partial charge in [0.1, 0.15) is 29.9 Å². The van der Waals surface area contributed by atoms with Gasteiger partial charge in [-0.15, -0.1) is 0 Å². The van der Waals surface area contributed by atoms with Crippen LogP contribution in [0.25, 0.3) is 0 Å². The second-order valence-electron chi connectivity index (χ2n) is 12.5. The Labute approximate surface area is 253 Å². The van der Waals surface area contributed by atoms with Crippen LogP contribution in [0.4, 0.5) is 13.2 Å². The van der Waals surface area contributed by atoms with Gasteiger partial charge in [-0.3, -0.25) is 28.6 Å². The third-order valence-corrected chi connectivity index (χ3v) is 11.1. The van der Waals surface area contributed by atoms with Crippen molar-refractivity contribution in [1.29, 1.82) is 0 Å². The van der Waals surface area contributed by atoms with Crippen LogP contribution in [0.5, 0.6) is 0 Å². The van der Waals surface area contributed by atoms with Crippen molar-refractivity contribution in [2.24, 2.45) is 5.92 Å². The first-order valence-corrected chi connectivity index (χ1v) is 16.4. The summed E-state index contributed by atoms with van der Waals surface area (Å²) >= 11 is 0. The van der Waals surface area contributed by atoms with Crippen molar-refractivity contribution in [3.8, 4) is 0 Å². The number of nitrogens with zero attached hydrogens (tertiary/aromatic N) is 3. The molecular weight excluding hydrogens is 605 g/mol. The minimum absolute atomic E-state index is 0.216. The van der Waals surface area contributed by atoms with Crippen LogP contribution in [-0.2, 0) is 31.0 Å². The number of nitrogens with one attached hydrogen (secondary N) is 3. The predicted molar refractivity (Wildman–Crippen MR) is 150 cm³/mol. The van der Waals surface area contributed by atoms with Crippen LogP contribution in [0.3, 0.4) is 0 Å². The van der Waals surface area contributed by atoms with Crippen molar-refractivity contribution in [3.05, 3.63) is 30.1 Å². The quantitative estimate of drug-likeness (QED) is 0.400. The summed E-state index contributed by atoms with van der Waals surface area (Å²) in [5.41, 5.74) is -1.74. The van der Waals surface area contributed by atoms with E-state index in [1.54, 1.807) is 6.92 Å². The average Bonchev–Trinajstić information content (AvgIpc) is 3.69. The van der Waals surface area contributed by atoms with Crippen LogP contribution in [0, 0.1) is 5.92 Å². The van der Waals surface area contributed by atoms with Gasteiger partial charge in [0.05, 0.1) is 4.75 Å². The zero-order valence-electron chi connectivity index (χ0n) is 24.4. The first-order chi connectivity index (χ1) is 20.6. The van der Waals surface area contributed by atoms with Gasteiger partial charge in [-0.1, -0.05) is 25.0 Å². The molecule has 44 heavy (non-hydrogen) atoms. The Bertz CT molecular complexity index is 1460. The van der Waals surface area contributed by atoms with E-state index in [0.717, 1.165) is 18.7 Å². The molecule has 2 unspecified atom stereocenters. The Morgan fingerprint density at radius 1 is 1.14 bits per heavy atom. The normalized spacial score (nSPS) is 29.7. The van der Waals surface area contributed by atoms with Gasteiger partial charge in [0.2, 0.25) is 21.8 Å². The number of allylic oxidation sites excluding steroid dienone is 1. The van der Waals surface area contributed by atoms with E-state index >= 15 is 0 Å². The van der Waals surface area contributed by atoms with Crippen molar-refractivity contribution in [3.63, 3.8) is 0 Å². The number of hydrogen-bond acceptors (Lipinski definition) is 7. The number of carbonyl (C=O) groups is 4. The molecule has 3 heterocycles. The highest BCUT2D eigenvalue weighted by molar-refractivity contribution is 7.91. The molecule has 0 spiro atoms. The SMILES string of the molecule is CC1(S(=O)(=O)NC(=O)[C@@]23CC2/C=C\CCCCC[C@H](NC(=O)c2ccn(CC(F)(F)F)n2)C(=O)N2CCCC2C(=O)N3)CC1. The molecule has 0 aromatic carbocycles. The van der Waals surface area contributed by atoms with Gasteiger partial charge in [0.25, 0.3) is 11.8 Å². The second kappa shape index (κ2) is 11.8. The van der Waals surface area contributed by atoms with E-state index in [4.69, 9.17) is 0 Å². The summed E-state index contributed by atoms with van der Waals surface area (Å²) in [6.45, 7) is 0.414. The molecule has 4 amide bonds. The Morgan fingerprint density at radius 2 is 1.89 bits per heavy atom. The van der Waals surface area contributed by atoms with Gasteiger partial charge >= 0.3 is 6.18 Å². The number of carbonyl (C=O) groups excluding carboxylic acids is 4. The smallest absolute Gasteiger partial charge is 0.339 e. The molecule has 3 N–H and O–H groups in total. The molecule has 5 rings (SSSR count). The molecule has 1 aromatic heterocycles. The molecule has 16 heteroatoms. The summed E-state index contributed by atoms with van der Waals surface area (Å²) in [7, 11) is -3.95. The van der Waals surface area contributed by atoms with Crippen LogP contribution in [0.1, 0.15) is 81.6 Å². The highest BCUT2D eigenvalue weighted by Crippen LogP contribution is 2.47. The average molecular weight is 643 g/mol. The first-order valence-electron chi connectivity index (χ1n) is 14.9. The molecule has 0 radical (unpaired) electrons. The zero-order valence-corrected chi connectivity index (χ0v) is 25.2. The Balaban J connectivity index is 1.33. The number of hydrogen-bond donors (Lipinski definition) is 3. The van der Waals surface area contributed by atoms with Crippen LogP contribution >= 0.6 is 0 Å². The molecule has 4 atom stereocenters. The molecule has 1 aromatic rings. The molecule has 3 fully saturated rings. The third kappa shape index (κ3) is 6.79. The van der Waals surface area contributed by atoms with E-state index in [1.807, 2.05) is 12.2 Å².